The molecule has 0 aliphatic carbocycles. The fourth-order valence-corrected chi connectivity index (χ4v) is 1.24. The first-order chi connectivity index (χ1) is 6.06. The minimum atomic E-state index is -0.274. The lowest BCUT2D eigenvalue weighted by atomic mass is 9.91. The predicted octanol–water partition coefficient (Wildman–Crippen LogP) is 2.48. The van der Waals surface area contributed by atoms with Crippen LogP contribution in [0.5, 0.6) is 0 Å². The summed E-state index contributed by atoms with van der Waals surface area (Å²) >= 11 is 3.35. The third-order valence-corrected chi connectivity index (χ3v) is 3.48. The maximum Gasteiger partial charge on any atom is 0.158 e. The molecule has 0 radical (unpaired) electrons. The van der Waals surface area contributed by atoms with Gasteiger partial charge >= 0.3 is 0 Å². The molecule has 0 spiro atoms. The van der Waals surface area contributed by atoms with Crippen molar-refractivity contribution in [1.82, 2.24) is 4.57 Å². The van der Waals surface area contributed by atoms with Crippen LogP contribution in [-0.4, -0.2) is 15.7 Å². The van der Waals surface area contributed by atoms with Crippen molar-refractivity contribution in [3.8, 4) is 0 Å². The highest BCUT2D eigenvalue weighted by Gasteiger charge is 2.25. The lowest BCUT2D eigenvalue weighted by molar-refractivity contribution is -0.126. The van der Waals surface area contributed by atoms with Crippen LogP contribution in [0.1, 0.15) is 13.8 Å². The Kier molecular flexibility index (Phi) is 3.31. The summed E-state index contributed by atoms with van der Waals surface area (Å²) in [4.78, 5) is 11.7. The van der Waals surface area contributed by atoms with E-state index in [4.69, 9.17) is 0 Å². The summed E-state index contributed by atoms with van der Waals surface area (Å²) in [5, 5.41) is 0.708. The van der Waals surface area contributed by atoms with Gasteiger partial charge in [-0.25, -0.2) is 0 Å². The number of hydrogen-bond acceptors (Lipinski definition) is 1. The highest BCUT2D eigenvalue weighted by atomic mass is 79.9. The maximum atomic E-state index is 11.7. The second kappa shape index (κ2) is 4.09. The normalized spacial score (nSPS) is 11.6. The Balaban J connectivity index is 2.61. The molecule has 0 saturated heterocycles. The molecule has 0 bridgehead atoms. The zero-order chi connectivity index (χ0) is 9.90. The van der Waals surface area contributed by atoms with Crippen LogP contribution in [0.25, 0.3) is 0 Å². The molecular formula is C10H14BrNO. The number of alkyl halides is 1. The SMILES string of the molecule is CC(C)(CBr)C(=O)Cn1cccc1. The van der Waals surface area contributed by atoms with Crippen molar-refractivity contribution in [3.05, 3.63) is 24.5 Å². The number of hydrogen-bond donors (Lipinski definition) is 0. The Hall–Kier alpha value is -0.570. The van der Waals surface area contributed by atoms with Gasteiger partial charge in [0.05, 0.1) is 6.54 Å². The quantitative estimate of drug-likeness (QED) is 0.746. The smallest absolute Gasteiger partial charge is 0.158 e. The predicted molar refractivity (Wildman–Crippen MR) is 57.0 cm³/mol. The molecule has 0 aliphatic heterocycles. The highest BCUT2D eigenvalue weighted by molar-refractivity contribution is 9.09. The molecule has 0 aromatic carbocycles. The van der Waals surface area contributed by atoms with Crippen LogP contribution in [0.3, 0.4) is 0 Å². The van der Waals surface area contributed by atoms with Crippen LogP contribution in [0, 0.1) is 5.41 Å². The van der Waals surface area contributed by atoms with Gasteiger partial charge in [0.2, 0.25) is 0 Å². The van der Waals surface area contributed by atoms with Crippen molar-refractivity contribution in [2.45, 2.75) is 20.4 Å². The van der Waals surface area contributed by atoms with E-state index in [9.17, 15) is 4.79 Å². The first-order valence-corrected chi connectivity index (χ1v) is 5.38. The molecule has 3 heteroatoms. The Labute approximate surface area is 87.1 Å². The molecule has 0 unspecified atom stereocenters. The van der Waals surface area contributed by atoms with E-state index < -0.39 is 0 Å². The molecule has 0 atom stereocenters. The van der Waals surface area contributed by atoms with Crippen molar-refractivity contribution < 1.29 is 4.79 Å². The summed E-state index contributed by atoms with van der Waals surface area (Å²) in [5.74, 6) is 0.251. The van der Waals surface area contributed by atoms with Gasteiger partial charge in [-0.15, -0.1) is 0 Å². The average Bonchev–Trinajstić information content (AvgIpc) is 2.57. The number of nitrogens with zero attached hydrogens (tertiary/aromatic N) is 1. The van der Waals surface area contributed by atoms with Gasteiger partial charge in [0, 0.05) is 23.1 Å². The van der Waals surface area contributed by atoms with Gasteiger partial charge in [0.15, 0.2) is 5.78 Å². The minimum absolute atomic E-state index is 0.251. The third kappa shape index (κ3) is 2.69. The van der Waals surface area contributed by atoms with Crippen molar-refractivity contribution >= 4 is 21.7 Å². The van der Waals surface area contributed by atoms with Crippen molar-refractivity contribution in [3.63, 3.8) is 0 Å². The Morgan fingerprint density at radius 3 is 2.38 bits per heavy atom. The number of carbonyl (C=O) groups excluding carboxylic acids is 1. The topological polar surface area (TPSA) is 22.0 Å². The van der Waals surface area contributed by atoms with E-state index in [1.54, 1.807) is 0 Å². The standard InChI is InChI=1S/C10H14BrNO/c1-10(2,8-11)9(13)7-12-5-3-4-6-12/h3-6H,7-8H2,1-2H3. The van der Waals surface area contributed by atoms with Crippen LogP contribution in [-0.2, 0) is 11.3 Å². The van der Waals surface area contributed by atoms with E-state index in [0.29, 0.717) is 11.9 Å². The number of carbonyl (C=O) groups is 1. The molecule has 1 aromatic rings. The van der Waals surface area contributed by atoms with E-state index in [-0.39, 0.29) is 11.2 Å². The first-order valence-electron chi connectivity index (χ1n) is 4.26. The van der Waals surface area contributed by atoms with E-state index in [1.807, 2.05) is 42.9 Å². The van der Waals surface area contributed by atoms with Crippen LogP contribution >= 0.6 is 15.9 Å². The number of ketones is 1. The zero-order valence-corrected chi connectivity index (χ0v) is 9.54. The molecule has 0 aliphatic rings. The second-order valence-electron chi connectivity index (χ2n) is 3.80. The average molecular weight is 244 g/mol. The van der Waals surface area contributed by atoms with E-state index in [2.05, 4.69) is 15.9 Å². The summed E-state index contributed by atoms with van der Waals surface area (Å²) in [6.07, 6.45) is 3.81. The monoisotopic (exact) mass is 243 g/mol. The Morgan fingerprint density at radius 1 is 1.38 bits per heavy atom. The molecule has 72 valence electrons. The second-order valence-corrected chi connectivity index (χ2v) is 4.36. The Bertz CT molecular complexity index is 277. The number of rotatable bonds is 4. The summed E-state index contributed by atoms with van der Waals surface area (Å²) in [6.45, 7) is 4.37. The minimum Gasteiger partial charge on any atom is -0.347 e. The summed E-state index contributed by atoms with van der Waals surface area (Å²) < 4.78 is 1.90. The number of aromatic nitrogens is 1. The summed E-state index contributed by atoms with van der Waals surface area (Å²) in [7, 11) is 0. The van der Waals surface area contributed by atoms with E-state index in [1.165, 1.54) is 0 Å². The maximum absolute atomic E-state index is 11.7. The molecule has 13 heavy (non-hydrogen) atoms. The lowest BCUT2D eigenvalue weighted by Crippen LogP contribution is -2.29. The molecule has 0 saturated carbocycles. The molecule has 0 fully saturated rings. The van der Waals surface area contributed by atoms with E-state index >= 15 is 0 Å². The van der Waals surface area contributed by atoms with Crippen molar-refractivity contribution in [1.29, 1.82) is 0 Å². The van der Waals surface area contributed by atoms with Gasteiger partial charge in [0.25, 0.3) is 0 Å². The van der Waals surface area contributed by atoms with Crippen LogP contribution in [0.2, 0.25) is 0 Å². The molecule has 0 amide bonds. The summed E-state index contributed by atoms with van der Waals surface area (Å²) in [5.41, 5.74) is -0.274. The first kappa shape index (κ1) is 10.5. The number of halogens is 1. The zero-order valence-electron chi connectivity index (χ0n) is 7.96. The molecule has 0 N–H and O–H groups in total. The van der Waals surface area contributed by atoms with Crippen molar-refractivity contribution in [2.75, 3.05) is 5.33 Å². The molecule has 1 rings (SSSR count). The van der Waals surface area contributed by atoms with Gasteiger partial charge in [-0.1, -0.05) is 29.8 Å². The largest absolute Gasteiger partial charge is 0.347 e. The van der Waals surface area contributed by atoms with Gasteiger partial charge in [-0.05, 0) is 12.1 Å². The summed E-state index contributed by atoms with van der Waals surface area (Å²) in [6, 6.07) is 3.85. The highest BCUT2D eigenvalue weighted by Crippen LogP contribution is 2.20. The Morgan fingerprint density at radius 2 is 1.92 bits per heavy atom. The van der Waals surface area contributed by atoms with Crippen LogP contribution in [0.4, 0.5) is 0 Å². The van der Waals surface area contributed by atoms with Crippen LogP contribution in [0.15, 0.2) is 24.5 Å². The van der Waals surface area contributed by atoms with Gasteiger partial charge in [0.1, 0.15) is 0 Å². The van der Waals surface area contributed by atoms with Gasteiger partial charge in [-0.3, -0.25) is 4.79 Å². The van der Waals surface area contributed by atoms with Crippen molar-refractivity contribution in [2.24, 2.45) is 5.41 Å². The molecule has 2 nitrogen and oxygen atoms in total. The molecule has 1 aromatic heterocycles. The molecule has 1 heterocycles. The van der Waals surface area contributed by atoms with Crippen LogP contribution < -0.4 is 0 Å². The van der Waals surface area contributed by atoms with Gasteiger partial charge in [-0.2, -0.15) is 0 Å². The fourth-order valence-electron chi connectivity index (χ4n) is 0.930. The fraction of sp³-hybridized carbons (Fsp3) is 0.500. The number of Topliss-reactive ketones (excluding diaryl/α,β-unsaturated/α-hetero) is 1. The third-order valence-electron chi connectivity index (χ3n) is 2.08. The molecular weight excluding hydrogens is 230 g/mol. The van der Waals surface area contributed by atoms with E-state index in [0.717, 1.165) is 0 Å². The lowest BCUT2D eigenvalue weighted by Gasteiger charge is -2.19. The van der Waals surface area contributed by atoms with Gasteiger partial charge < -0.3 is 4.57 Å².